The molecule has 0 saturated heterocycles. The molecule has 0 unspecified atom stereocenters. The van der Waals surface area contributed by atoms with Crippen LogP contribution >= 0.6 is 43.5 Å². The number of alkyl halides is 1. The van der Waals surface area contributed by atoms with Gasteiger partial charge in [0.25, 0.3) is 0 Å². The summed E-state index contributed by atoms with van der Waals surface area (Å²) >= 11 is 12.5. The number of unbranched alkanes of at least 4 members (excludes halogenated alkanes) is 2. The van der Waals surface area contributed by atoms with Crippen molar-refractivity contribution in [2.24, 2.45) is 0 Å². The molecule has 0 amide bonds. The van der Waals surface area contributed by atoms with Crippen molar-refractivity contribution in [1.82, 2.24) is 4.98 Å². The normalized spacial score (nSPS) is 10.5. The quantitative estimate of drug-likeness (QED) is 0.543. The van der Waals surface area contributed by atoms with Crippen molar-refractivity contribution in [2.75, 3.05) is 24.4 Å². The zero-order chi connectivity index (χ0) is 12.0. The van der Waals surface area contributed by atoms with E-state index < -0.39 is 0 Å². The molecule has 0 spiro atoms. The smallest absolute Gasteiger partial charge is 0.142 e. The van der Waals surface area contributed by atoms with Crippen LogP contribution in [-0.4, -0.2) is 24.5 Å². The predicted molar refractivity (Wildman–Crippen MR) is 77.5 cm³/mol. The Balaban J connectivity index is 2.49. The Kier molecular flexibility index (Phi) is 6.70. The third-order valence-electron chi connectivity index (χ3n) is 2.28. The Morgan fingerprint density at radius 1 is 1.31 bits per heavy atom. The highest BCUT2D eigenvalue weighted by Crippen LogP contribution is 2.26. The van der Waals surface area contributed by atoms with Crippen molar-refractivity contribution in [3.63, 3.8) is 0 Å². The van der Waals surface area contributed by atoms with E-state index in [2.05, 4.69) is 48.8 Å². The lowest BCUT2D eigenvalue weighted by atomic mass is 10.2. The van der Waals surface area contributed by atoms with E-state index in [9.17, 15) is 0 Å². The summed E-state index contributed by atoms with van der Waals surface area (Å²) in [6, 6.07) is 2.01. The molecular formula is C11H15Br2ClN2. The van der Waals surface area contributed by atoms with E-state index in [-0.39, 0.29) is 0 Å². The van der Waals surface area contributed by atoms with Crippen molar-refractivity contribution in [3.05, 3.63) is 21.2 Å². The minimum Gasteiger partial charge on any atom is -0.359 e. The van der Waals surface area contributed by atoms with Crippen LogP contribution < -0.4 is 4.90 Å². The molecule has 1 rings (SSSR count). The third kappa shape index (κ3) is 4.60. The van der Waals surface area contributed by atoms with Crippen molar-refractivity contribution in [2.45, 2.75) is 19.3 Å². The van der Waals surface area contributed by atoms with Crippen LogP contribution in [0.2, 0.25) is 0 Å². The number of hydrogen-bond donors (Lipinski definition) is 0. The molecule has 0 aromatic carbocycles. The summed E-state index contributed by atoms with van der Waals surface area (Å²) in [5.74, 6) is 1.73. The molecule has 0 aliphatic heterocycles. The first-order valence-electron chi connectivity index (χ1n) is 5.23. The van der Waals surface area contributed by atoms with Crippen LogP contribution in [-0.2, 0) is 0 Å². The highest BCUT2D eigenvalue weighted by Gasteiger charge is 2.07. The van der Waals surface area contributed by atoms with Gasteiger partial charge >= 0.3 is 0 Å². The molecule has 0 saturated carbocycles. The molecule has 0 bridgehead atoms. The molecule has 0 fully saturated rings. The first-order valence-corrected chi connectivity index (χ1v) is 7.35. The highest BCUT2D eigenvalue weighted by atomic mass is 79.9. The van der Waals surface area contributed by atoms with E-state index in [0.29, 0.717) is 0 Å². The van der Waals surface area contributed by atoms with Crippen LogP contribution in [0.4, 0.5) is 5.82 Å². The second kappa shape index (κ2) is 7.51. The maximum absolute atomic E-state index is 5.64. The van der Waals surface area contributed by atoms with E-state index >= 15 is 0 Å². The standard InChI is InChI=1S/C11H15Br2ClN2/c1-16(6-4-2-3-5-14)11-10(13)7-9(12)8-15-11/h7-8H,2-6H2,1H3. The van der Waals surface area contributed by atoms with Gasteiger partial charge in [-0.1, -0.05) is 6.42 Å². The summed E-state index contributed by atoms with van der Waals surface area (Å²) in [5.41, 5.74) is 0. The molecule has 1 aromatic heterocycles. The van der Waals surface area contributed by atoms with Crippen LogP contribution in [0.15, 0.2) is 21.2 Å². The maximum Gasteiger partial charge on any atom is 0.142 e. The molecule has 0 radical (unpaired) electrons. The number of halogens is 3. The zero-order valence-corrected chi connectivity index (χ0v) is 13.1. The van der Waals surface area contributed by atoms with Gasteiger partial charge in [-0.15, -0.1) is 11.6 Å². The molecule has 1 aromatic rings. The van der Waals surface area contributed by atoms with Gasteiger partial charge in [0.15, 0.2) is 0 Å². The lowest BCUT2D eigenvalue weighted by Crippen LogP contribution is -2.20. The lowest BCUT2D eigenvalue weighted by molar-refractivity contribution is 0.703. The van der Waals surface area contributed by atoms with E-state index in [0.717, 1.165) is 40.0 Å². The fourth-order valence-electron chi connectivity index (χ4n) is 1.41. The van der Waals surface area contributed by atoms with Crippen LogP contribution in [0.25, 0.3) is 0 Å². The Morgan fingerprint density at radius 3 is 2.69 bits per heavy atom. The third-order valence-corrected chi connectivity index (χ3v) is 3.56. The second-order valence-electron chi connectivity index (χ2n) is 3.63. The monoisotopic (exact) mass is 368 g/mol. The fraction of sp³-hybridized carbons (Fsp3) is 0.545. The molecule has 90 valence electrons. The molecule has 16 heavy (non-hydrogen) atoms. The van der Waals surface area contributed by atoms with Crippen LogP contribution in [0, 0.1) is 0 Å². The Hall–Kier alpha value is 0.200. The Bertz CT molecular complexity index is 334. The molecule has 0 N–H and O–H groups in total. The van der Waals surface area contributed by atoms with E-state index in [1.165, 1.54) is 6.42 Å². The number of aromatic nitrogens is 1. The highest BCUT2D eigenvalue weighted by molar-refractivity contribution is 9.11. The molecule has 0 aliphatic carbocycles. The van der Waals surface area contributed by atoms with Crippen molar-refractivity contribution < 1.29 is 0 Å². The number of hydrogen-bond acceptors (Lipinski definition) is 2. The minimum atomic E-state index is 0.754. The van der Waals surface area contributed by atoms with Gasteiger partial charge in [0.05, 0.1) is 4.47 Å². The van der Waals surface area contributed by atoms with Gasteiger partial charge in [-0.3, -0.25) is 0 Å². The fourth-order valence-corrected chi connectivity index (χ4v) is 2.89. The summed E-state index contributed by atoms with van der Waals surface area (Å²) in [4.78, 5) is 6.54. The van der Waals surface area contributed by atoms with Gasteiger partial charge in [0.1, 0.15) is 5.82 Å². The average molecular weight is 371 g/mol. The van der Waals surface area contributed by atoms with E-state index in [4.69, 9.17) is 11.6 Å². The van der Waals surface area contributed by atoms with Gasteiger partial charge in [0, 0.05) is 30.1 Å². The first-order chi connectivity index (χ1) is 7.65. The molecule has 1 heterocycles. The summed E-state index contributed by atoms with van der Waals surface area (Å²) in [6.07, 6.45) is 5.22. The summed E-state index contributed by atoms with van der Waals surface area (Å²) in [7, 11) is 2.06. The van der Waals surface area contributed by atoms with E-state index in [1.54, 1.807) is 0 Å². The van der Waals surface area contributed by atoms with E-state index in [1.807, 2.05) is 12.3 Å². The Morgan fingerprint density at radius 2 is 2.06 bits per heavy atom. The Labute approximate surface area is 119 Å². The topological polar surface area (TPSA) is 16.1 Å². The molecule has 0 atom stereocenters. The molecule has 2 nitrogen and oxygen atoms in total. The maximum atomic E-state index is 5.64. The zero-order valence-electron chi connectivity index (χ0n) is 9.22. The predicted octanol–water partition coefficient (Wildman–Crippen LogP) is 4.45. The number of anilines is 1. The van der Waals surface area contributed by atoms with Gasteiger partial charge in [-0.2, -0.15) is 0 Å². The lowest BCUT2D eigenvalue weighted by Gasteiger charge is -2.19. The minimum absolute atomic E-state index is 0.754. The van der Waals surface area contributed by atoms with Crippen LogP contribution in [0.3, 0.4) is 0 Å². The molecular weight excluding hydrogens is 355 g/mol. The number of pyridine rings is 1. The van der Waals surface area contributed by atoms with Crippen molar-refractivity contribution in [1.29, 1.82) is 0 Å². The average Bonchev–Trinajstić information content (AvgIpc) is 2.24. The SMILES string of the molecule is CN(CCCCCCl)c1ncc(Br)cc1Br. The van der Waals surface area contributed by atoms with Crippen molar-refractivity contribution in [3.8, 4) is 0 Å². The van der Waals surface area contributed by atoms with Gasteiger partial charge < -0.3 is 4.90 Å². The van der Waals surface area contributed by atoms with Gasteiger partial charge in [-0.25, -0.2) is 4.98 Å². The van der Waals surface area contributed by atoms with Crippen LogP contribution in [0.5, 0.6) is 0 Å². The number of rotatable bonds is 6. The number of nitrogens with zero attached hydrogens (tertiary/aromatic N) is 2. The molecule has 5 heteroatoms. The summed E-state index contributed by atoms with van der Waals surface area (Å²) < 4.78 is 2.00. The summed E-state index contributed by atoms with van der Waals surface area (Å²) in [6.45, 7) is 1.00. The van der Waals surface area contributed by atoms with Crippen LogP contribution in [0.1, 0.15) is 19.3 Å². The van der Waals surface area contributed by atoms with Gasteiger partial charge in [0.2, 0.25) is 0 Å². The molecule has 0 aliphatic rings. The second-order valence-corrected chi connectivity index (χ2v) is 5.78. The van der Waals surface area contributed by atoms with Crippen molar-refractivity contribution >= 4 is 49.3 Å². The largest absolute Gasteiger partial charge is 0.359 e. The first kappa shape index (κ1) is 14.3. The van der Waals surface area contributed by atoms with Gasteiger partial charge in [-0.05, 0) is 50.8 Å². The summed E-state index contributed by atoms with van der Waals surface area (Å²) in [5, 5.41) is 0.